The second kappa shape index (κ2) is 4.81. The number of amides is 1. The van der Waals surface area contributed by atoms with Crippen LogP contribution < -0.4 is 5.73 Å². The third kappa shape index (κ3) is 2.34. The van der Waals surface area contributed by atoms with Crippen molar-refractivity contribution < 1.29 is 9.53 Å². The zero-order chi connectivity index (χ0) is 12.3. The van der Waals surface area contributed by atoms with Crippen molar-refractivity contribution in [3.8, 4) is 6.07 Å². The van der Waals surface area contributed by atoms with E-state index in [1.165, 1.54) is 0 Å². The van der Waals surface area contributed by atoms with Gasteiger partial charge in [-0.1, -0.05) is 0 Å². The number of ether oxygens (including phenoxy) is 1. The molecule has 3 atom stereocenters. The normalized spacial score (nSPS) is 30.8. The number of nitrogens with zero attached hydrogens (tertiary/aromatic N) is 2. The lowest BCUT2D eigenvalue weighted by molar-refractivity contribution is -0.140. The lowest BCUT2D eigenvalue weighted by Crippen LogP contribution is -2.51. The van der Waals surface area contributed by atoms with Crippen LogP contribution in [0.25, 0.3) is 0 Å². The van der Waals surface area contributed by atoms with Crippen molar-refractivity contribution in [1.29, 1.82) is 5.26 Å². The second-order valence-corrected chi connectivity index (χ2v) is 4.75. The van der Waals surface area contributed by atoms with Crippen molar-refractivity contribution in [2.24, 2.45) is 17.1 Å². The Morgan fingerprint density at radius 3 is 2.88 bits per heavy atom. The molecule has 1 aliphatic heterocycles. The number of hydrogen-bond acceptors (Lipinski definition) is 4. The van der Waals surface area contributed by atoms with E-state index >= 15 is 0 Å². The lowest BCUT2D eigenvalue weighted by Gasteiger charge is -2.31. The molecule has 0 aromatic carbocycles. The Balaban J connectivity index is 2.67. The van der Waals surface area contributed by atoms with E-state index in [2.05, 4.69) is 6.07 Å². The van der Waals surface area contributed by atoms with Crippen molar-refractivity contribution in [2.75, 3.05) is 26.8 Å². The Kier molecular flexibility index (Phi) is 3.89. The molecule has 1 fully saturated rings. The molecular weight excluding hydrogens is 206 g/mol. The van der Waals surface area contributed by atoms with Gasteiger partial charge >= 0.3 is 0 Å². The summed E-state index contributed by atoms with van der Waals surface area (Å²) in [5.74, 6) is -0.212. The van der Waals surface area contributed by atoms with Gasteiger partial charge in [0.1, 0.15) is 0 Å². The average Bonchev–Trinajstić information content (AvgIpc) is 2.59. The maximum absolute atomic E-state index is 12.2. The largest absolute Gasteiger partial charge is 0.379 e. The van der Waals surface area contributed by atoms with Crippen LogP contribution in [0.15, 0.2) is 0 Å². The summed E-state index contributed by atoms with van der Waals surface area (Å²) in [5, 5.41) is 8.71. The molecule has 1 heterocycles. The van der Waals surface area contributed by atoms with E-state index < -0.39 is 5.41 Å². The monoisotopic (exact) mass is 225 g/mol. The van der Waals surface area contributed by atoms with Gasteiger partial charge in [0, 0.05) is 19.6 Å². The smallest absolute Gasteiger partial charge is 0.232 e. The molecule has 3 unspecified atom stereocenters. The zero-order valence-electron chi connectivity index (χ0n) is 10.1. The van der Waals surface area contributed by atoms with Gasteiger partial charge in [-0.15, -0.1) is 0 Å². The highest BCUT2D eigenvalue weighted by atomic mass is 16.5. The Hall–Kier alpha value is -1.12. The fourth-order valence-electron chi connectivity index (χ4n) is 1.88. The number of rotatable bonds is 3. The van der Waals surface area contributed by atoms with Gasteiger partial charge in [-0.05, 0) is 13.8 Å². The van der Waals surface area contributed by atoms with Gasteiger partial charge < -0.3 is 15.4 Å². The standard InChI is InChI=1S/C11H19N3O2/c1-8(4-12)5-14(3)10(15)11(2)7-16-6-9(11)13/h8-9H,5-7,13H2,1-3H3. The molecule has 90 valence electrons. The second-order valence-electron chi connectivity index (χ2n) is 4.75. The highest BCUT2D eigenvalue weighted by Crippen LogP contribution is 2.29. The Morgan fingerprint density at radius 2 is 2.44 bits per heavy atom. The third-order valence-corrected chi connectivity index (χ3v) is 3.12. The van der Waals surface area contributed by atoms with Crippen molar-refractivity contribution in [3.05, 3.63) is 0 Å². The maximum Gasteiger partial charge on any atom is 0.232 e. The number of carbonyl (C=O) groups excluding carboxylic acids is 1. The van der Waals surface area contributed by atoms with Gasteiger partial charge in [0.2, 0.25) is 5.91 Å². The van der Waals surface area contributed by atoms with Gasteiger partial charge in [-0.2, -0.15) is 5.26 Å². The zero-order valence-corrected chi connectivity index (χ0v) is 10.1. The van der Waals surface area contributed by atoms with E-state index in [1.54, 1.807) is 18.9 Å². The van der Waals surface area contributed by atoms with Gasteiger partial charge in [-0.3, -0.25) is 4.79 Å². The van der Waals surface area contributed by atoms with Gasteiger partial charge in [0.25, 0.3) is 0 Å². The number of nitrogens with two attached hydrogens (primary N) is 1. The highest BCUT2D eigenvalue weighted by Gasteiger charge is 2.45. The topological polar surface area (TPSA) is 79.3 Å². The summed E-state index contributed by atoms with van der Waals surface area (Å²) in [6.45, 7) is 4.82. The van der Waals surface area contributed by atoms with Gasteiger partial charge in [-0.25, -0.2) is 0 Å². The average molecular weight is 225 g/mol. The summed E-state index contributed by atoms with van der Waals surface area (Å²) >= 11 is 0. The highest BCUT2D eigenvalue weighted by molar-refractivity contribution is 5.83. The third-order valence-electron chi connectivity index (χ3n) is 3.12. The predicted molar refractivity (Wildman–Crippen MR) is 59.3 cm³/mol. The predicted octanol–water partition coefficient (Wildman–Crippen LogP) is -0.0317. The quantitative estimate of drug-likeness (QED) is 0.731. The molecule has 16 heavy (non-hydrogen) atoms. The minimum Gasteiger partial charge on any atom is -0.379 e. The molecule has 1 amide bonds. The molecule has 0 radical (unpaired) electrons. The molecule has 1 aliphatic rings. The minimum absolute atomic E-state index is 0.0420. The SMILES string of the molecule is CC(C#N)CN(C)C(=O)C1(C)COCC1N. The Morgan fingerprint density at radius 1 is 1.81 bits per heavy atom. The van der Waals surface area contributed by atoms with Crippen LogP contribution in [0, 0.1) is 22.7 Å². The fourth-order valence-corrected chi connectivity index (χ4v) is 1.88. The summed E-state index contributed by atoms with van der Waals surface area (Å²) in [6, 6.07) is 1.84. The summed E-state index contributed by atoms with van der Waals surface area (Å²) in [4.78, 5) is 13.8. The lowest BCUT2D eigenvalue weighted by atomic mass is 9.84. The first-order valence-electron chi connectivity index (χ1n) is 5.40. The first-order chi connectivity index (χ1) is 7.41. The molecule has 5 heteroatoms. The molecule has 1 rings (SSSR count). The van der Waals surface area contributed by atoms with Crippen LogP contribution >= 0.6 is 0 Å². The molecule has 0 spiro atoms. The molecular formula is C11H19N3O2. The molecule has 0 saturated carbocycles. The van der Waals surface area contributed by atoms with Crippen LogP contribution in [0.4, 0.5) is 0 Å². The van der Waals surface area contributed by atoms with E-state index in [1.807, 2.05) is 6.92 Å². The molecule has 5 nitrogen and oxygen atoms in total. The first-order valence-corrected chi connectivity index (χ1v) is 5.40. The van der Waals surface area contributed by atoms with Crippen molar-refractivity contribution in [3.63, 3.8) is 0 Å². The Labute approximate surface area is 96.2 Å². The van der Waals surface area contributed by atoms with Crippen molar-refractivity contribution >= 4 is 5.91 Å². The summed E-state index contributed by atoms with van der Waals surface area (Å²) in [5.41, 5.74) is 5.23. The summed E-state index contributed by atoms with van der Waals surface area (Å²) < 4.78 is 5.24. The summed E-state index contributed by atoms with van der Waals surface area (Å²) in [6.07, 6.45) is 0. The van der Waals surface area contributed by atoms with Gasteiger partial charge in [0.15, 0.2) is 0 Å². The molecule has 0 bridgehead atoms. The first kappa shape index (κ1) is 12.9. The van der Waals surface area contributed by atoms with Crippen LogP contribution in [-0.4, -0.2) is 43.7 Å². The van der Waals surface area contributed by atoms with E-state index in [-0.39, 0.29) is 17.9 Å². The maximum atomic E-state index is 12.2. The van der Waals surface area contributed by atoms with Crippen LogP contribution in [0.3, 0.4) is 0 Å². The molecule has 0 aromatic heterocycles. The Bertz CT molecular complexity index is 313. The van der Waals surface area contributed by atoms with Crippen LogP contribution in [0.2, 0.25) is 0 Å². The van der Waals surface area contributed by atoms with Crippen LogP contribution in [0.5, 0.6) is 0 Å². The van der Waals surface area contributed by atoms with E-state index in [9.17, 15) is 4.79 Å². The van der Waals surface area contributed by atoms with Crippen LogP contribution in [0.1, 0.15) is 13.8 Å². The minimum atomic E-state index is -0.649. The van der Waals surface area contributed by atoms with Gasteiger partial charge in [0.05, 0.1) is 30.6 Å². The molecule has 0 aliphatic carbocycles. The van der Waals surface area contributed by atoms with E-state index in [0.717, 1.165) is 0 Å². The number of nitriles is 1. The number of hydrogen-bond donors (Lipinski definition) is 1. The van der Waals surface area contributed by atoms with E-state index in [0.29, 0.717) is 19.8 Å². The number of carbonyl (C=O) groups is 1. The molecule has 1 saturated heterocycles. The van der Waals surface area contributed by atoms with Crippen LogP contribution in [-0.2, 0) is 9.53 Å². The molecule has 2 N–H and O–H groups in total. The summed E-state index contributed by atoms with van der Waals surface area (Å²) in [7, 11) is 1.70. The van der Waals surface area contributed by atoms with Crippen molar-refractivity contribution in [1.82, 2.24) is 4.90 Å². The van der Waals surface area contributed by atoms with E-state index in [4.69, 9.17) is 15.7 Å². The fraction of sp³-hybridized carbons (Fsp3) is 0.818. The molecule has 0 aromatic rings. The van der Waals surface area contributed by atoms with Crippen molar-refractivity contribution in [2.45, 2.75) is 19.9 Å².